The molecule has 1 aliphatic rings. The van der Waals surface area contributed by atoms with Crippen LogP contribution in [0.25, 0.3) is 6.08 Å². The van der Waals surface area contributed by atoms with E-state index in [-0.39, 0.29) is 23.7 Å². The van der Waals surface area contributed by atoms with Crippen molar-refractivity contribution < 1.29 is 14.0 Å². The van der Waals surface area contributed by atoms with Gasteiger partial charge in [0, 0.05) is 18.7 Å². The minimum Gasteiger partial charge on any atom is -0.355 e. The maximum Gasteiger partial charge on any atom is 0.251 e. The Morgan fingerprint density at radius 3 is 2.64 bits per heavy atom. The van der Waals surface area contributed by atoms with E-state index in [1.807, 2.05) is 0 Å². The number of benzene rings is 2. The topological polar surface area (TPSA) is 58.2 Å². The number of carbonyl (C=O) groups excluding carboxylic acids is 2. The van der Waals surface area contributed by atoms with E-state index in [9.17, 15) is 14.0 Å². The van der Waals surface area contributed by atoms with E-state index in [0.29, 0.717) is 5.56 Å². The molecule has 0 aliphatic heterocycles. The summed E-state index contributed by atoms with van der Waals surface area (Å²) in [5.41, 5.74) is 3.34. The zero-order valence-corrected chi connectivity index (χ0v) is 13.9. The molecule has 4 nitrogen and oxygen atoms in total. The van der Waals surface area contributed by atoms with Crippen molar-refractivity contribution in [1.82, 2.24) is 10.6 Å². The highest BCUT2D eigenvalue weighted by Crippen LogP contribution is 2.31. The zero-order chi connectivity index (χ0) is 17.8. The van der Waals surface area contributed by atoms with Crippen molar-refractivity contribution in [3.63, 3.8) is 0 Å². The molecule has 25 heavy (non-hydrogen) atoms. The summed E-state index contributed by atoms with van der Waals surface area (Å²) < 4.78 is 13.2. The van der Waals surface area contributed by atoms with Crippen molar-refractivity contribution in [1.29, 1.82) is 0 Å². The number of carbonyl (C=O) groups is 2. The van der Waals surface area contributed by atoms with Crippen LogP contribution in [0.1, 0.15) is 39.5 Å². The first kappa shape index (κ1) is 16.9. The summed E-state index contributed by atoms with van der Waals surface area (Å²) in [6, 6.07) is 11.6. The van der Waals surface area contributed by atoms with E-state index in [4.69, 9.17) is 0 Å². The average Bonchev–Trinajstić information content (AvgIpc) is 3.01. The zero-order valence-electron chi connectivity index (χ0n) is 13.9. The van der Waals surface area contributed by atoms with Crippen molar-refractivity contribution in [2.45, 2.75) is 18.9 Å². The molecule has 0 aromatic heterocycles. The molecule has 2 amide bonds. The van der Waals surface area contributed by atoms with Gasteiger partial charge in [-0.15, -0.1) is 0 Å². The molecule has 0 heterocycles. The molecule has 0 saturated heterocycles. The first-order valence-electron chi connectivity index (χ1n) is 8.16. The summed E-state index contributed by atoms with van der Waals surface area (Å²) in [4.78, 5) is 23.6. The summed E-state index contributed by atoms with van der Waals surface area (Å²) >= 11 is 0. The first-order valence-corrected chi connectivity index (χ1v) is 8.16. The standard InChI is InChI=1S/C20H19FN2O2/c1-22-20(25)14-5-2-13(3-6-14)4-11-19(24)23-18-10-7-15-12-16(21)8-9-17(15)18/h2-6,8-9,11-12,18H,7,10H2,1H3,(H,22,25)(H,23,24)/b11-4-/t18-/m0/s1. The Labute approximate surface area is 145 Å². The van der Waals surface area contributed by atoms with E-state index in [2.05, 4.69) is 10.6 Å². The highest BCUT2D eigenvalue weighted by molar-refractivity contribution is 5.95. The third kappa shape index (κ3) is 3.94. The van der Waals surface area contributed by atoms with Gasteiger partial charge < -0.3 is 10.6 Å². The van der Waals surface area contributed by atoms with E-state index in [1.54, 1.807) is 43.5 Å². The minimum absolute atomic E-state index is 0.0802. The lowest BCUT2D eigenvalue weighted by atomic mass is 10.1. The van der Waals surface area contributed by atoms with Gasteiger partial charge in [0.25, 0.3) is 5.91 Å². The molecule has 0 spiro atoms. The second-order valence-corrected chi connectivity index (χ2v) is 5.98. The lowest BCUT2D eigenvalue weighted by Crippen LogP contribution is -2.25. The molecular weight excluding hydrogens is 319 g/mol. The smallest absolute Gasteiger partial charge is 0.251 e. The van der Waals surface area contributed by atoms with Gasteiger partial charge in [0.15, 0.2) is 0 Å². The van der Waals surface area contributed by atoms with Gasteiger partial charge in [0.1, 0.15) is 5.82 Å². The van der Waals surface area contributed by atoms with Crippen LogP contribution in [-0.2, 0) is 11.2 Å². The van der Waals surface area contributed by atoms with E-state index in [0.717, 1.165) is 29.5 Å². The van der Waals surface area contributed by atoms with Crippen LogP contribution in [0.2, 0.25) is 0 Å². The number of fused-ring (bicyclic) bond motifs is 1. The maximum atomic E-state index is 13.2. The third-order valence-electron chi connectivity index (χ3n) is 4.33. The predicted octanol–water partition coefficient (Wildman–Crippen LogP) is 3.00. The van der Waals surface area contributed by atoms with Crippen LogP contribution in [0.4, 0.5) is 4.39 Å². The van der Waals surface area contributed by atoms with Crippen LogP contribution in [0.15, 0.2) is 48.5 Å². The van der Waals surface area contributed by atoms with Gasteiger partial charge in [-0.05, 0) is 59.9 Å². The molecule has 5 heteroatoms. The molecule has 0 bridgehead atoms. The molecule has 128 valence electrons. The van der Waals surface area contributed by atoms with Crippen LogP contribution < -0.4 is 10.6 Å². The Morgan fingerprint density at radius 2 is 1.92 bits per heavy atom. The molecule has 0 saturated carbocycles. The molecule has 1 atom stereocenters. The van der Waals surface area contributed by atoms with Gasteiger partial charge in [-0.2, -0.15) is 0 Å². The lowest BCUT2D eigenvalue weighted by Gasteiger charge is -2.12. The van der Waals surface area contributed by atoms with Gasteiger partial charge >= 0.3 is 0 Å². The molecule has 2 aromatic carbocycles. The number of halogens is 1. The second-order valence-electron chi connectivity index (χ2n) is 5.98. The molecule has 0 unspecified atom stereocenters. The number of hydrogen-bond acceptors (Lipinski definition) is 2. The fourth-order valence-corrected chi connectivity index (χ4v) is 3.02. The summed E-state index contributed by atoms with van der Waals surface area (Å²) in [5.74, 6) is -0.590. The number of aryl methyl sites for hydroxylation is 1. The molecule has 0 fully saturated rings. The van der Waals surface area contributed by atoms with Crippen LogP contribution in [0.5, 0.6) is 0 Å². The molecule has 1 aliphatic carbocycles. The Bertz CT molecular complexity index is 828. The van der Waals surface area contributed by atoms with Gasteiger partial charge in [0.05, 0.1) is 6.04 Å². The van der Waals surface area contributed by atoms with Crippen LogP contribution in [-0.4, -0.2) is 18.9 Å². The Balaban J connectivity index is 1.62. The van der Waals surface area contributed by atoms with Crippen molar-refractivity contribution >= 4 is 17.9 Å². The van der Waals surface area contributed by atoms with Crippen LogP contribution in [0, 0.1) is 5.82 Å². The minimum atomic E-state index is -0.245. The number of amides is 2. The summed E-state index contributed by atoms with van der Waals surface area (Å²) in [6.07, 6.45) is 4.71. The third-order valence-corrected chi connectivity index (χ3v) is 4.33. The first-order chi connectivity index (χ1) is 12.1. The van der Waals surface area contributed by atoms with Crippen LogP contribution >= 0.6 is 0 Å². The van der Waals surface area contributed by atoms with Gasteiger partial charge in [0.2, 0.25) is 5.91 Å². The van der Waals surface area contributed by atoms with Gasteiger partial charge in [-0.1, -0.05) is 18.2 Å². The summed E-state index contributed by atoms with van der Waals surface area (Å²) in [6.45, 7) is 0. The molecule has 3 rings (SSSR count). The fourth-order valence-electron chi connectivity index (χ4n) is 3.02. The van der Waals surface area contributed by atoms with E-state index < -0.39 is 0 Å². The van der Waals surface area contributed by atoms with Crippen LogP contribution in [0.3, 0.4) is 0 Å². The number of hydrogen-bond donors (Lipinski definition) is 2. The highest BCUT2D eigenvalue weighted by atomic mass is 19.1. The lowest BCUT2D eigenvalue weighted by molar-refractivity contribution is -0.117. The predicted molar refractivity (Wildman–Crippen MR) is 94.5 cm³/mol. The number of rotatable bonds is 4. The van der Waals surface area contributed by atoms with Crippen molar-refractivity contribution in [2.75, 3.05) is 7.05 Å². The van der Waals surface area contributed by atoms with E-state index >= 15 is 0 Å². The second kappa shape index (κ2) is 7.30. The summed E-state index contributed by atoms with van der Waals surface area (Å²) in [5, 5.41) is 5.51. The van der Waals surface area contributed by atoms with Crippen molar-refractivity contribution in [3.8, 4) is 0 Å². The molecule has 0 radical (unpaired) electrons. The fraction of sp³-hybridized carbons (Fsp3) is 0.200. The quantitative estimate of drug-likeness (QED) is 0.842. The molecule has 2 aromatic rings. The monoisotopic (exact) mass is 338 g/mol. The molecule has 2 N–H and O–H groups in total. The van der Waals surface area contributed by atoms with Gasteiger partial charge in [-0.25, -0.2) is 4.39 Å². The Hall–Kier alpha value is -2.95. The largest absolute Gasteiger partial charge is 0.355 e. The van der Waals surface area contributed by atoms with Crippen molar-refractivity contribution in [3.05, 3.63) is 76.6 Å². The number of nitrogens with one attached hydrogen (secondary N) is 2. The average molecular weight is 338 g/mol. The molecular formula is C20H19FN2O2. The Kier molecular flexibility index (Phi) is 4.93. The Morgan fingerprint density at radius 1 is 1.16 bits per heavy atom. The maximum absolute atomic E-state index is 13.2. The highest BCUT2D eigenvalue weighted by Gasteiger charge is 2.23. The SMILES string of the molecule is CNC(=O)c1ccc(/C=C\C(=O)N[C@H]2CCc3cc(F)ccc32)cc1. The summed E-state index contributed by atoms with van der Waals surface area (Å²) in [7, 11) is 1.58. The van der Waals surface area contributed by atoms with Crippen molar-refractivity contribution in [2.24, 2.45) is 0 Å². The van der Waals surface area contributed by atoms with Gasteiger partial charge in [-0.3, -0.25) is 9.59 Å². The van der Waals surface area contributed by atoms with E-state index in [1.165, 1.54) is 18.2 Å². The normalized spacial score (nSPS) is 15.8.